The highest BCUT2D eigenvalue weighted by molar-refractivity contribution is 5.77. The van der Waals surface area contributed by atoms with Crippen LogP contribution in [0.1, 0.15) is 0 Å². The highest BCUT2D eigenvalue weighted by Crippen LogP contribution is 2.19. The number of nitrogens with zero attached hydrogens (tertiary/aromatic N) is 5. The van der Waals surface area contributed by atoms with E-state index in [2.05, 4.69) is 21.1 Å². The van der Waals surface area contributed by atoms with Crippen LogP contribution in [0.25, 0.3) is 28.4 Å². The zero-order valence-corrected chi connectivity index (χ0v) is 11.5. The number of pyridine rings is 1. The molecule has 102 valence electrons. The predicted molar refractivity (Wildman–Crippen MR) is 81.1 cm³/mol. The zero-order valence-electron chi connectivity index (χ0n) is 11.5. The van der Waals surface area contributed by atoms with Gasteiger partial charge < -0.3 is 4.57 Å². The number of benzene rings is 1. The number of para-hydroxylation sites is 2. The molecule has 0 unspecified atom stereocenters. The topological polar surface area (TPSA) is 48.5 Å². The van der Waals surface area contributed by atoms with Crippen molar-refractivity contribution in [3.05, 3.63) is 60.9 Å². The molecule has 0 N–H and O–H groups in total. The summed E-state index contributed by atoms with van der Waals surface area (Å²) in [5.41, 5.74) is 3.74. The summed E-state index contributed by atoms with van der Waals surface area (Å²) in [5.74, 6) is 0.790. The Kier molecular flexibility index (Phi) is 2.57. The van der Waals surface area contributed by atoms with Crippen molar-refractivity contribution < 1.29 is 0 Å². The van der Waals surface area contributed by atoms with Gasteiger partial charge in [0.25, 0.3) is 0 Å². The van der Waals surface area contributed by atoms with Crippen molar-refractivity contribution in [1.29, 1.82) is 0 Å². The van der Waals surface area contributed by atoms with Crippen molar-refractivity contribution in [2.45, 2.75) is 0 Å². The average molecular weight is 275 g/mol. The Morgan fingerprint density at radius 3 is 2.57 bits per heavy atom. The van der Waals surface area contributed by atoms with E-state index in [0.29, 0.717) is 0 Å². The van der Waals surface area contributed by atoms with Crippen LogP contribution in [0, 0.1) is 0 Å². The highest BCUT2D eigenvalue weighted by atomic mass is 15.4. The van der Waals surface area contributed by atoms with Gasteiger partial charge in [0.15, 0.2) is 0 Å². The van der Waals surface area contributed by atoms with Crippen molar-refractivity contribution in [3.8, 4) is 17.3 Å². The molecular weight excluding hydrogens is 262 g/mol. The van der Waals surface area contributed by atoms with E-state index < -0.39 is 0 Å². The summed E-state index contributed by atoms with van der Waals surface area (Å²) < 4.78 is 3.81. The average Bonchev–Trinajstić information content (AvgIpc) is 3.14. The summed E-state index contributed by atoms with van der Waals surface area (Å²) in [5, 5.41) is 4.58. The van der Waals surface area contributed by atoms with E-state index in [1.54, 1.807) is 10.9 Å². The lowest BCUT2D eigenvalue weighted by molar-refractivity contribution is 0.762. The minimum Gasteiger partial charge on any atom is -0.311 e. The van der Waals surface area contributed by atoms with Crippen molar-refractivity contribution in [2.24, 2.45) is 7.05 Å². The summed E-state index contributed by atoms with van der Waals surface area (Å²) in [6, 6.07) is 15.8. The van der Waals surface area contributed by atoms with Crippen LogP contribution < -0.4 is 0 Å². The van der Waals surface area contributed by atoms with Crippen molar-refractivity contribution in [3.63, 3.8) is 0 Å². The monoisotopic (exact) mass is 275 g/mol. The summed E-state index contributed by atoms with van der Waals surface area (Å²) in [6.45, 7) is 0. The highest BCUT2D eigenvalue weighted by Gasteiger charge is 2.11. The third-order valence-corrected chi connectivity index (χ3v) is 3.48. The Morgan fingerprint density at radius 2 is 1.76 bits per heavy atom. The maximum Gasteiger partial charge on any atom is 0.231 e. The van der Waals surface area contributed by atoms with E-state index in [-0.39, 0.29) is 0 Å². The maximum absolute atomic E-state index is 4.63. The van der Waals surface area contributed by atoms with Gasteiger partial charge in [-0.25, -0.2) is 9.67 Å². The summed E-state index contributed by atoms with van der Waals surface area (Å²) in [7, 11) is 1.99. The van der Waals surface area contributed by atoms with Crippen LogP contribution in [0.5, 0.6) is 0 Å². The molecule has 1 aromatic carbocycles. The minimum absolute atomic E-state index is 0.790. The summed E-state index contributed by atoms with van der Waals surface area (Å²) in [4.78, 5) is 8.95. The van der Waals surface area contributed by atoms with Gasteiger partial charge in [0.2, 0.25) is 5.95 Å². The van der Waals surface area contributed by atoms with Crippen molar-refractivity contribution in [2.75, 3.05) is 0 Å². The van der Waals surface area contributed by atoms with Gasteiger partial charge in [0.05, 0.1) is 16.7 Å². The number of aryl methyl sites for hydroxylation is 1. The lowest BCUT2D eigenvalue weighted by atomic mass is 10.3. The molecule has 0 bridgehead atoms. The van der Waals surface area contributed by atoms with Crippen LogP contribution >= 0.6 is 0 Å². The van der Waals surface area contributed by atoms with Crippen LogP contribution in [0.3, 0.4) is 0 Å². The molecule has 0 saturated heterocycles. The number of hydrogen-bond donors (Lipinski definition) is 0. The molecule has 4 rings (SSSR count). The molecular formula is C16H13N5. The van der Waals surface area contributed by atoms with E-state index in [9.17, 15) is 0 Å². The van der Waals surface area contributed by atoms with Gasteiger partial charge >= 0.3 is 0 Å². The Labute approximate surface area is 121 Å². The molecule has 4 aromatic rings. The molecule has 3 aromatic heterocycles. The number of imidazole rings is 1. The first-order valence-corrected chi connectivity index (χ1v) is 6.72. The fourth-order valence-electron chi connectivity index (χ4n) is 2.42. The first-order valence-electron chi connectivity index (χ1n) is 6.72. The molecule has 5 heteroatoms. The van der Waals surface area contributed by atoms with E-state index in [1.165, 1.54) is 0 Å². The van der Waals surface area contributed by atoms with Gasteiger partial charge in [-0.05, 0) is 30.3 Å². The maximum atomic E-state index is 4.63. The Hall–Kier alpha value is -2.95. The number of hydrogen-bond acceptors (Lipinski definition) is 3. The Bertz CT molecular complexity index is 905. The second kappa shape index (κ2) is 4.56. The normalized spacial score (nSPS) is 11.1. The first-order chi connectivity index (χ1) is 10.3. The molecule has 0 aliphatic rings. The lowest BCUT2D eigenvalue weighted by Gasteiger charge is -2.01. The summed E-state index contributed by atoms with van der Waals surface area (Å²) >= 11 is 0. The lowest BCUT2D eigenvalue weighted by Crippen LogP contribution is -2.03. The molecule has 0 amide bonds. The first kappa shape index (κ1) is 11.8. The Morgan fingerprint density at radius 1 is 0.905 bits per heavy atom. The van der Waals surface area contributed by atoms with Crippen LogP contribution in [-0.4, -0.2) is 24.3 Å². The second-order valence-corrected chi connectivity index (χ2v) is 4.82. The molecule has 3 heterocycles. The van der Waals surface area contributed by atoms with E-state index in [4.69, 9.17) is 0 Å². The largest absolute Gasteiger partial charge is 0.311 e. The second-order valence-electron chi connectivity index (χ2n) is 4.82. The molecule has 0 atom stereocenters. The molecule has 5 nitrogen and oxygen atoms in total. The van der Waals surface area contributed by atoms with Gasteiger partial charge in [0, 0.05) is 19.4 Å². The molecule has 0 radical (unpaired) electrons. The van der Waals surface area contributed by atoms with Gasteiger partial charge in [-0.3, -0.25) is 4.98 Å². The van der Waals surface area contributed by atoms with Gasteiger partial charge in [-0.15, -0.1) is 0 Å². The minimum atomic E-state index is 0.790. The number of rotatable bonds is 2. The van der Waals surface area contributed by atoms with Gasteiger partial charge in [0.1, 0.15) is 5.69 Å². The molecule has 0 fully saturated rings. The molecule has 0 aliphatic carbocycles. The fourth-order valence-corrected chi connectivity index (χ4v) is 2.42. The SMILES string of the molecule is Cn1c(-n2ccc(-c3ccccn3)n2)nc2ccccc21. The van der Waals surface area contributed by atoms with Crippen molar-refractivity contribution in [1.82, 2.24) is 24.3 Å². The fraction of sp³-hybridized carbons (Fsp3) is 0.0625. The third-order valence-electron chi connectivity index (χ3n) is 3.48. The van der Waals surface area contributed by atoms with Crippen LogP contribution in [0.2, 0.25) is 0 Å². The standard InChI is InChI=1S/C16H13N5/c1-20-15-8-3-2-7-14(15)18-16(20)21-11-9-13(19-21)12-6-4-5-10-17-12/h2-11H,1H3. The van der Waals surface area contributed by atoms with E-state index in [0.717, 1.165) is 28.4 Å². The number of aromatic nitrogens is 5. The smallest absolute Gasteiger partial charge is 0.231 e. The third kappa shape index (κ3) is 1.90. The van der Waals surface area contributed by atoms with Gasteiger partial charge in [-0.2, -0.15) is 5.10 Å². The molecule has 21 heavy (non-hydrogen) atoms. The molecule has 0 spiro atoms. The van der Waals surface area contributed by atoms with Gasteiger partial charge in [-0.1, -0.05) is 18.2 Å². The van der Waals surface area contributed by atoms with Crippen LogP contribution in [-0.2, 0) is 7.05 Å². The molecule has 0 saturated carbocycles. The Balaban J connectivity index is 1.83. The molecule has 0 aliphatic heterocycles. The van der Waals surface area contributed by atoms with Crippen LogP contribution in [0.15, 0.2) is 60.9 Å². The quantitative estimate of drug-likeness (QED) is 0.565. The van der Waals surface area contributed by atoms with Crippen molar-refractivity contribution >= 4 is 11.0 Å². The number of fused-ring (bicyclic) bond motifs is 1. The summed E-state index contributed by atoms with van der Waals surface area (Å²) in [6.07, 6.45) is 3.68. The zero-order chi connectivity index (χ0) is 14.2. The van der Waals surface area contributed by atoms with E-state index >= 15 is 0 Å². The van der Waals surface area contributed by atoms with E-state index in [1.807, 2.05) is 60.3 Å². The predicted octanol–water partition coefficient (Wildman–Crippen LogP) is 2.82. The van der Waals surface area contributed by atoms with Crippen LogP contribution in [0.4, 0.5) is 0 Å².